The summed E-state index contributed by atoms with van der Waals surface area (Å²) in [5.74, 6) is 0.651. The van der Waals surface area contributed by atoms with Crippen LogP contribution in [0.3, 0.4) is 0 Å². The maximum atomic E-state index is 9.80. The highest BCUT2D eigenvalue weighted by molar-refractivity contribution is 6.30. The second kappa shape index (κ2) is 5.23. The average Bonchev–Trinajstić information content (AvgIpc) is 2.17. The molecule has 1 N–H and O–H groups in total. The van der Waals surface area contributed by atoms with Crippen molar-refractivity contribution < 1.29 is 9.84 Å². The van der Waals surface area contributed by atoms with E-state index in [0.29, 0.717) is 10.8 Å². The molecule has 14 heavy (non-hydrogen) atoms. The predicted octanol–water partition coefficient (Wildman–Crippen LogP) is 3.18. The van der Waals surface area contributed by atoms with Crippen LogP contribution in [0.5, 0.6) is 5.75 Å². The average molecular weight is 215 g/mol. The first-order valence-corrected chi connectivity index (χ1v) is 5.08. The largest absolute Gasteiger partial charge is 0.496 e. The molecule has 0 aliphatic rings. The molecule has 0 fully saturated rings. The zero-order valence-electron chi connectivity index (χ0n) is 8.46. The van der Waals surface area contributed by atoms with Gasteiger partial charge in [-0.05, 0) is 18.6 Å². The zero-order chi connectivity index (χ0) is 10.6. The third kappa shape index (κ3) is 2.63. The molecular formula is C11H15ClO2. The predicted molar refractivity (Wildman–Crippen MR) is 57.9 cm³/mol. The molecule has 0 heterocycles. The van der Waals surface area contributed by atoms with Crippen molar-refractivity contribution in [3.63, 3.8) is 0 Å². The highest BCUT2D eigenvalue weighted by atomic mass is 35.5. The molecule has 0 saturated heterocycles. The molecule has 1 rings (SSSR count). The van der Waals surface area contributed by atoms with Gasteiger partial charge in [0.05, 0.1) is 13.2 Å². The van der Waals surface area contributed by atoms with E-state index >= 15 is 0 Å². The van der Waals surface area contributed by atoms with Crippen LogP contribution in [-0.4, -0.2) is 12.2 Å². The molecule has 3 heteroatoms. The molecule has 0 saturated carbocycles. The number of halogens is 1. The normalized spacial score (nSPS) is 12.6. The minimum atomic E-state index is -0.466. The lowest BCUT2D eigenvalue weighted by Gasteiger charge is -2.14. The van der Waals surface area contributed by atoms with Crippen LogP contribution in [0.1, 0.15) is 31.4 Å². The van der Waals surface area contributed by atoms with Crippen LogP contribution in [0.15, 0.2) is 18.2 Å². The quantitative estimate of drug-likeness (QED) is 0.834. The monoisotopic (exact) mass is 214 g/mol. The third-order valence-corrected chi connectivity index (χ3v) is 2.35. The van der Waals surface area contributed by atoms with Gasteiger partial charge in [0.15, 0.2) is 0 Å². The van der Waals surface area contributed by atoms with E-state index in [2.05, 4.69) is 0 Å². The Morgan fingerprint density at radius 3 is 2.79 bits per heavy atom. The summed E-state index contributed by atoms with van der Waals surface area (Å²) in [4.78, 5) is 0. The van der Waals surface area contributed by atoms with Gasteiger partial charge in [-0.1, -0.05) is 31.0 Å². The molecule has 0 spiro atoms. The van der Waals surface area contributed by atoms with Crippen LogP contribution in [-0.2, 0) is 0 Å². The van der Waals surface area contributed by atoms with E-state index in [1.807, 2.05) is 13.0 Å². The van der Waals surface area contributed by atoms with E-state index < -0.39 is 6.10 Å². The van der Waals surface area contributed by atoms with Gasteiger partial charge in [0.25, 0.3) is 0 Å². The van der Waals surface area contributed by atoms with E-state index in [0.717, 1.165) is 18.4 Å². The summed E-state index contributed by atoms with van der Waals surface area (Å²) in [6.07, 6.45) is 1.21. The highest BCUT2D eigenvalue weighted by Crippen LogP contribution is 2.30. The maximum absolute atomic E-state index is 9.80. The van der Waals surface area contributed by atoms with Crippen LogP contribution >= 0.6 is 11.6 Å². The van der Waals surface area contributed by atoms with Crippen molar-refractivity contribution in [3.8, 4) is 5.75 Å². The fraction of sp³-hybridized carbons (Fsp3) is 0.455. The van der Waals surface area contributed by atoms with Gasteiger partial charge in [-0.3, -0.25) is 0 Å². The van der Waals surface area contributed by atoms with Crippen molar-refractivity contribution >= 4 is 11.6 Å². The Bertz CT molecular complexity index is 299. The Labute approximate surface area is 89.5 Å². The highest BCUT2D eigenvalue weighted by Gasteiger charge is 2.12. The zero-order valence-corrected chi connectivity index (χ0v) is 9.21. The van der Waals surface area contributed by atoms with Crippen LogP contribution in [0, 0.1) is 0 Å². The fourth-order valence-electron chi connectivity index (χ4n) is 1.39. The van der Waals surface area contributed by atoms with E-state index in [-0.39, 0.29) is 0 Å². The lowest BCUT2D eigenvalue weighted by molar-refractivity contribution is 0.162. The first-order valence-electron chi connectivity index (χ1n) is 4.70. The van der Waals surface area contributed by atoms with E-state index in [1.165, 1.54) is 0 Å². The Balaban J connectivity index is 2.95. The van der Waals surface area contributed by atoms with Crippen molar-refractivity contribution in [3.05, 3.63) is 28.8 Å². The second-order valence-electron chi connectivity index (χ2n) is 3.19. The molecule has 0 radical (unpaired) electrons. The molecule has 2 nitrogen and oxygen atoms in total. The van der Waals surface area contributed by atoms with Gasteiger partial charge in [-0.15, -0.1) is 0 Å². The number of ether oxygens (including phenoxy) is 1. The van der Waals surface area contributed by atoms with E-state index in [9.17, 15) is 5.11 Å². The van der Waals surface area contributed by atoms with Crippen molar-refractivity contribution in [2.75, 3.05) is 7.11 Å². The SMILES string of the molecule is CCCC(O)c1ccc(Cl)cc1OC. The van der Waals surface area contributed by atoms with Gasteiger partial charge in [-0.2, -0.15) is 0 Å². The first-order chi connectivity index (χ1) is 6.69. The lowest BCUT2D eigenvalue weighted by atomic mass is 10.0. The number of hydrogen-bond acceptors (Lipinski definition) is 2. The number of benzene rings is 1. The van der Waals surface area contributed by atoms with Crippen molar-refractivity contribution in [1.29, 1.82) is 0 Å². The molecule has 0 amide bonds. The molecule has 1 aromatic carbocycles. The minimum Gasteiger partial charge on any atom is -0.496 e. The van der Waals surface area contributed by atoms with Crippen molar-refractivity contribution in [2.24, 2.45) is 0 Å². The van der Waals surface area contributed by atoms with Crippen LogP contribution in [0.25, 0.3) is 0 Å². The summed E-state index contributed by atoms with van der Waals surface area (Å²) in [5, 5.41) is 10.4. The number of rotatable bonds is 4. The van der Waals surface area contributed by atoms with Gasteiger partial charge < -0.3 is 9.84 Å². The van der Waals surface area contributed by atoms with Gasteiger partial charge in [0, 0.05) is 10.6 Å². The van der Waals surface area contributed by atoms with Crippen molar-refractivity contribution in [2.45, 2.75) is 25.9 Å². The number of aliphatic hydroxyl groups is 1. The van der Waals surface area contributed by atoms with Gasteiger partial charge in [0.1, 0.15) is 5.75 Å². The lowest BCUT2D eigenvalue weighted by Crippen LogP contribution is -1.99. The summed E-state index contributed by atoms with van der Waals surface area (Å²) in [5.41, 5.74) is 0.804. The standard InChI is InChI=1S/C11H15ClO2/c1-3-4-10(13)9-6-5-8(12)7-11(9)14-2/h5-7,10,13H,3-4H2,1-2H3. The summed E-state index contributed by atoms with van der Waals surface area (Å²) in [6, 6.07) is 5.29. The fourth-order valence-corrected chi connectivity index (χ4v) is 1.55. The number of methoxy groups -OCH3 is 1. The minimum absolute atomic E-state index is 0.466. The van der Waals surface area contributed by atoms with Crippen LogP contribution in [0.4, 0.5) is 0 Å². The van der Waals surface area contributed by atoms with Crippen LogP contribution < -0.4 is 4.74 Å². The molecule has 1 atom stereocenters. The molecule has 0 bridgehead atoms. The second-order valence-corrected chi connectivity index (χ2v) is 3.63. The molecule has 1 aromatic rings. The first kappa shape index (κ1) is 11.3. The summed E-state index contributed by atoms with van der Waals surface area (Å²) < 4.78 is 5.15. The molecule has 0 aromatic heterocycles. The smallest absolute Gasteiger partial charge is 0.126 e. The van der Waals surface area contributed by atoms with E-state index in [4.69, 9.17) is 16.3 Å². The molecular weight excluding hydrogens is 200 g/mol. The number of aliphatic hydroxyl groups excluding tert-OH is 1. The Kier molecular flexibility index (Phi) is 4.23. The Morgan fingerprint density at radius 2 is 2.21 bits per heavy atom. The van der Waals surface area contributed by atoms with Gasteiger partial charge in [-0.25, -0.2) is 0 Å². The van der Waals surface area contributed by atoms with Gasteiger partial charge >= 0.3 is 0 Å². The molecule has 78 valence electrons. The number of hydrogen-bond donors (Lipinski definition) is 1. The molecule has 0 aliphatic heterocycles. The molecule has 1 unspecified atom stereocenters. The summed E-state index contributed by atoms with van der Waals surface area (Å²) in [6.45, 7) is 2.03. The summed E-state index contributed by atoms with van der Waals surface area (Å²) >= 11 is 5.82. The topological polar surface area (TPSA) is 29.5 Å². The van der Waals surface area contributed by atoms with Crippen molar-refractivity contribution in [1.82, 2.24) is 0 Å². The maximum Gasteiger partial charge on any atom is 0.126 e. The van der Waals surface area contributed by atoms with Crippen LogP contribution in [0.2, 0.25) is 5.02 Å². The van der Waals surface area contributed by atoms with Gasteiger partial charge in [0.2, 0.25) is 0 Å². The summed E-state index contributed by atoms with van der Waals surface area (Å²) in [7, 11) is 1.58. The Hall–Kier alpha value is -0.730. The molecule has 0 aliphatic carbocycles. The third-order valence-electron chi connectivity index (χ3n) is 2.12. The van der Waals surface area contributed by atoms with E-state index in [1.54, 1.807) is 19.2 Å². The Morgan fingerprint density at radius 1 is 1.50 bits per heavy atom.